The fourth-order valence-corrected chi connectivity index (χ4v) is 4.73. The summed E-state index contributed by atoms with van der Waals surface area (Å²) in [6.45, 7) is 2.27. The van der Waals surface area contributed by atoms with Crippen LogP contribution in [0.3, 0.4) is 0 Å². The average molecular weight is 423 g/mol. The van der Waals surface area contributed by atoms with Crippen molar-refractivity contribution in [3.05, 3.63) is 45.6 Å². The summed E-state index contributed by atoms with van der Waals surface area (Å²) in [6.07, 6.45) is 3.45. The molecule has 0 saturated carbocycles. The van der Waals surface area contributed by atoms with Crippen LogP contribution in [0, 0.1) is 0 Å². The van der Waals surface area contributed by atoms with E-state index in [2.05, 4.69) is 41.7 Å². The topological polar surface area (TPSA) is 64.0 Å². The number of hydrogen-bond donors (Lipinski definition) is 1. The Labute approximate surface area is 134 Å². The lowest BCUT2D eigenvalue weighted by atomic mass is 10.4. The summed E-state index contributed by atoms with van der Waals surface area (Å²) in [4.78, 5) is 0.216. The first kappa shape index (κ1) is 15.7. The smallest absolute Gasteiger partial charge is 0.241 e. The molecule has 0 bridgehead atoms. The molecule has 1 unspecified atom stereocenters. The van der Waals surface area contributed by atoms with Crippen LogP contribution in [-0.4, -0.2) is 24.2 Å². The van der Waals surface area contributed by atoms with E-state index in [9.17, 15) is 8.42 Å². The van der Waals surface area contributed by atoms with Gasteiger partial charge in [-0.15, -0.1) is 0 Å². The summed E-state index contributed by atoms with van der Waals surface area (Å²) in [7, 11) is -3.57. The summed E-state index contributed by atoms with van der Waals surface area (Å²) >= 11 is 6.56. The van der Waals surface area contributed by atoms with Gasteiger partial charge in [-0.3, -0.25) is 4.68 Å². The van der Waals surface area contributed by atoms with Crippen LogP contribution < -0.4 is 4.72 Å². The second kappa shape index (κ2) is 6.38. The van der Waals surface area contributed by atoms with Crippen molar-refractivity contribution < 1.29 is 8.42 Å². The Hall–Kier alpha value is -0.700. The van der Waals surface area contributed by atoms with Crippen molar-refractivity contribution in [1.82, 2.24) is 14.5 Å². The van der Waals surface area contributed by atoms with Gasteiger partial charge in [0, 0.05) is 27.4 Å². The van der Waals surface area contributed by atoms with Gasteiger partial charge in [-0.1, -0.05) is 15.9 Å². The Bertz CT molecular complexity index is 687. The van der Waals surface area contributed by atoms with Crippen molar-refractivity contribution in [3.8, 4) is 0 Å². The number of sulfonamides is 1. The van der Waals surface area contributed by atoms with Gasteiger partial charge in [0.05, 0.1) is 11.4 Å². The quantitative estimate of drug-likeness (QED) is 0.805. The minimum Gasteiger partial charge on any atom is -0.271 e. The molecule has 0 amide bonds. The highest BCUT2D eigenvalue weighted by Gasteiger charge is 2.20. The molecule has 2 aromatic rings. The highest BCUT2D eigenvalue weighted by Crippen LogP contribution is 2.25. The second-order valence-corrected chi connectivity index (χ2v) is 7.78. The average Bonchev–Trinajstić information content (AvgIpc) is 2.79. The molecule has 0 radical (unpaired) electrons. The Balaban J connectivity index is 2.14. The molecule has 0 fully saturated rings. The number of hydrogen-bond acceptors (Lipinski definition) is 3. The third kappa shape index (κ3) is 3.91. The molecule has 0 aliphatic rings. The zero-order valence-electron chi connectivity index (χ0n) is 10.6. The van der Waals surface area contributed by atoms with Gasteiger partial charge >= 0.3 is 0 Å². The van der Waals surface area contributed by atoms with E-state index in [1.807, 2.05) is 0 Å². The molecule has 0 spiro atoms. The van der Waals surface area contributed by atoms with Crippen molar-refractivity contribution in [2.24, 2.45) is 0 Å². The molecule has 8 heteroatoms. The van der Waals surface area contributed by atoms with Crippen LogP contribution in [0.25, 0.3) is 0 Å². The molecular formula is C12H13Br2N3O2S. The minimum atomic E-state index is -3.57. The first-order valence-corrected chi connectivity index (χ1v) is 8.90. The molecule has 1 atom stereocenters. The van der Waals surface area contributed by atoms with Crippen LogP contribution in [-0.2, 0) is 16.6 Å². The van der Waals surface area contributed by atoms with E-state index in [1.54, 1.807) is 48.3 Å². The van der Waals surface area contributed by atoms with Gasteiger partial charge in [-0.05, 0) is 47.1 Å². The maximum Gasteiger partial charge on any atom is 0.241 e. The predicted molar refractivity (Wildman–Crippen MR) is 83.9 cm³/mol. The lowest BCUT2D eigenvalue weighted by Gasteiger charge is -2.15. The molecule has 2 rings (SSSR count). The Morgan fingerprint density at radius 3 is 2.75 bits per heavy atom. The molecule has 1 N–H and O–H groups in total. The van der Waals surface area contributed by atoms with Gasteiger partial charge in [-0.25, -0.2) is 13.1 Å². The van der Waals surface area contributed by atoms with Crippen molar-refractivity contribution in [3.63, 3.8) is 0 Å². The fourth-order valence-electron chi connectivity index (χ4n) is 1.75. The molecular weight excluding hydrogens is 410 g/mol. The minimum absolute atomic E-state index is 0.216. The molecule has 0 aliphatic carbocycles. The van der Waals surface area contributed by atoms with Gasteiger partial charge in [0.25, 0.3) is 0 Å². The third-order valence-electron chi connectivity index (χ3n) is 2.56. The zero-order valence-corrected chi connectivity index (χ0v) is 14.6. The molecule has 1 aromatic heterocycles. The monoisotopic (exact) mass is 421 g/mol. The van der Waals surface area contributed by atoms with Crippen LogP contribution in [0.5, 0.6) is 0 Å². The zero-order chi connectivity index (χ0) is 14.8. The van der Waals surface area contributed by atoms with Gasteiger partial charge in [0.15, 0.2) is 0 Å². The number of halogens is 2. The summed E-state index contributed by atoms with van der Waals surface area (Å²) in [5, 5.41) is 4.05. The summed E-state index contributed by atoms with van der Waals surface area (Å²) in [5.41, 5.74) is 0. The number of rotatable bonds is 5. The molecule has 1 heterocycles. The second-order valence-electron chi connectivity index (χ2n) is 4.33. The maximum atomic E-state index is 12.3. The number of aromatic nitrogens is 2. The Morgan fingerprint density at radius 2 is 2.15 bits per heavy atom. The van der Waals surface area contributed by atoms with E-state index in [0.29, 0.717) is 11.0 Å². The van der Waals surface area contributed by atoms with E-state index in [-0.39, 0.29) is 10.9 Å². The summed E-state index contributed by atoms with van der Waals surface area (Å²) < 4.78 is 30.3. The van der Waals surface area contributed by atoms with E-state index in [4.69, 9.17) is 0 Å². The van der Waals surface area contributed by atoms with Crippen LogP contribution in [0.1, 0.15) is 6.92 Å². The van der Waals surface area contributed by atoms with Crippen LogP contribution in [0.15, 0.2) is 50.5 Å². The molecule has 108 valence electrons. The highest BCUT2D eigenvalue weighted by molar-refractivity contribution is 9.11. The lowest BCUT2D eigenvalue weighted by molar-refractivity contribution is 0.493. The molecule has 0 aliphatic heterocycles. The first-order chi connectivity index (χ1) is 9.38. The fraction of sp³-hybridized carbons (Fsp3) is 0.250. The number of benzene rings is 1. The van der Waals surface area contributed by atoms with E-state index < -0.39 is 10.0 Å². The van der Waals surface area contributed by atoms with E-state index in [0.717, 1.165) is 4.47 Å². The number of nitrogens with zero attached hydrogens (tertiary/aromatic N) is 2. The van der Waals surface area contributed by atoms with Gasteiger partial charge in [0.1, 0.15) is 0 Å². The SMILES string of the molecule is CC(Cn1cccn1)NS(=O)(=O)c1ccc(Br)cc1Br. The van der Waals surface area contributed by atoms with Crippen molar-refractivity contribution in [2.45, 2.75) is 24.4 Å². The largest absolute Gasteiger partial charge is 0.271 e. The van der Waals surface area contributed by atoms with E-state index >= 15 is 0 Å². The van der Waals surface area contributed by atoms with Crippen molar-refractivity contribution in [1.29, 1.82) is 0 Å². The van der Waals surface area contributed by atoms with Gasteiger partial charge in [0.2, 0.25) is 10.0 Å². The molecule has 0 saturated heterocycles. The maximum absolute atomic E-state index is 12.3. The van der Waals surface area contributed by atoms with Gasteiger partial charge in [-0.2, -0.15) is 5.10 Å². The van der Waals surface area contributed by atoms with Crippen LogP contribution in [0.4, 0.5) is 0 Å². The van der Waals surface area contributed by atoms with Crippen molar-refractivity contribution >= 4 is 41.9 Å². The summed E-state index contributed by atoms with van der Waals surface area (Å²) in [6, 6.07) is 6.48. The molecule has 20 heavy (non-hydrogen) atoms. The predicted octanol–water partition coefficient (Wildman–Crippen LogP) is 2.78. The standard InChI is InChI=1S/C12H13Br2N3O2S/c1-9(8-17-6-2-5-15-17)16-20(18,19)12-4-3-10(13)7-11(12)14/h2-7,9,16H,8H2,1H3. The Kier molecular flexibility index (Phi) is 5.00. The lowest BCUT2D eigenvalue weighted by Crippen LogP contribution is -2.35. The third-order valence-corrected chi connectivity index (χ3v) is 5.62. The normalized spacial score (nSPS) is 13.3. The number of nitrogens with one attached hydrogen (secondary N) is 1. The van der Waals surface area contributed by atoms with Crippen LogP contribution in [0.2, 0.25) is 0 Å². The Morgan fingerprint density at radius 1 is 1.40 bits per heavy atom. The molecule has 5 nitrogen and oxygen atoms in total. The van der Waals surface area contributed by atoms with Crippen molar-refractivity contribution in [2.75, 3.05) is 0 Å². The first-order valence-electron chi connectivity index (χ1n) is 5.83. The highest BCUT2D eigenvalue weighted by atomic mass is 79.9. The molecule has 1 aromatic carbocycles. The van der Waals surface area contributed by atoms with Crippen LogP contribution >= 0.6 is 31.9 Å². The summed E-state index contributed by atoms with van der Waals surface area (Å²) in [5.74, 6) is 0. The van der Waals surface area contributed by atoms with Gasteiger partial charge < -0.3 is 0 Å². The van der Waals surface area contributed by atoms with E-state index in [1.165, 1.54) is 0 Å².